The highest BCUT2D eigenvalue weighted by atomic mass is 16.5. The molecule has 3 rings (SSSR count). The monoisotopic (exact) mass is 252 g/mol. The Morgan fingerprint density at radius 1 is 1.22 bits per heavy atom. The Kier molecular flexibility index (Phi) is 3.57. The fourth-order valence-corrected chi connectivity index (χ4v) is 3.83. The number of nitrogens with two attached hydrogens (primary N) is 1. The molecular formula is C14H24N2O2. The third-order valence-electron chi connectivity index (χ3n) is 4.92. The first-order chi connectivity index (χ1) is 8.76. The minimum atomic E-state index is 0.187. The standard InChI is InChI=1S/C14H24N2O2/c15-8-9-2-1-3-10(6-9)14(17)16-12-7-11-4-5-13(12)18-11/h9-13H,1-8,15H2,(H,16,17). The maximum absolute atomic E-state index is 12.3. The number of amides is 1. The van der Waals surface area contributed by atoms with Gasteiger partial charge in [0.05, 0.1) is 18.2 Å². The second-order valence-corrected chi connectivity index (χ2v) is 6.19. The molecule has 0 spiro atoms. The molecule has 1 aliphatic carbocycles. The summed E-state index contributed by atoms with van der Waals surface area (Å²) >= 11 is 0. The number of ether oxygens (including phenoxy) is 1. The molecule has 5 unspecified atom stereocenters. The van der Waals surface area contributed by atoms with E-state index in [0.29, 0.717) is 12.0 Å². The normalized spacial score (nSPS) is 43.1. The number of hydrogen-bond donors (Lipinski definition) is 2. The first-order valence-corrected chi connectivity index (χ1v) is 7.42. The van der Waals surface area contributed by atoms with Gasteiger partial charge in [-0.05, 0) is 51.0 Å². The van der Waals surface area contributed by atoms with E-state index < -0.39 is 0 Å². The molecule has 2 aliphatic heterocycles. The lowest BCUT2D eigenvalue weighted by molar-refractivity contribution is -0.127. The predicted octanol–water partition coefficient (Wildman–Crippen LogP) is 1.19. The third-order valence-corrected chi connectivity index (χ3v) is 4.92. The molecule has 3 fully saturated rings. The van der Waals surface area contributed by atoms with Crippen LogP contribution in [0.3, 0.4) is 0 Å². The minimum absolute atomic E-state index is 0.187. The van der Waals surface area contributed by atoms with Crippen molar-refractivity contribution in [1.82, 2.24) is 5.32 Å². The molecular weight excluding hydrogens is 228 g/mol. The first kappa shape index (κ1) is 12.4. The number of fused-ring (bicyclic) bond motifs is 2. The van der Waals surface area contributed by atoms with Crippen molar-refractivity contribution in [1.29, 1.82) is 0 Å². The smallest absolute Gasteiger partial charge is 0.223 e. The SMILES string of the molecule is NCC1CCCC(C(=O)NC2CC3CCC2O3)C1. The van der Waals surface area contributed by atoms with Crippen molar-refractivity contribution < 1.29 is 9.53 Å². The van der Waals surface area contributed by atoms with Gasteiger partial charge in [0.2, 0.25) is 5.91 Å². The van der Waals surface area contributed by atoms with Crippen LogP contribution in [0.2, 0.25) is 0 Å². The van der Waals surface area contributed by atoms with Crippen LogP contribution in [0, 0.1) is 11.8 Å². The Hall–Kier alpha value is -0.610. The Balaban J connectivity index is 1.52. The van der Waals surface area contributed by atoms with Crippen molar-refractivity contribution in [2.24, 2.45) is 17.6 Å². The van der Waals surface area contributed by atoms with Gasteiger partial charge in [0.15, 0.2) is 0 Å². The van der Waals surface area contributed by atoms with E-state index in [-0.39, 0.29) is 24.0 Å². The van der Waals surface area contributed by atoms with E-state index in [4.69, 9.17) is 10.5 Å². The number of carbonyl (C=O) groups is 1. The Labute approximate surface area is 109 Å². The minimum Gasteiger partial charge on any atom is -0.373 e. The van der Waals surface area contributed by atoms with Crippen LogP contribution in [0.25, 0.3) is 0 Å². The summed E-state index contributed by atoms with van der Waals surface area (Å²) in [7, 11) is 0. The van der Waals surface area contributed by atoms with Gasteiger partial charge in [0.25, 0.3) is 0 Å². The number of carbonyl (C=O) groups excluding carboxylic acids is 1. The average Bonchev–Trinajstić information content (AvgIpc) is 3.01. The van der Waals surface area contributed by atoms with Crippen LogP contribution in [0.4, 0.5) is 0 Å². The van der Waals surface area contributed by atoms with Gasteiger partial charge >= 0.3 is 0 Å². The summed E-state index contributed by atoms with van der Waals surface area (Å²) in [5.41, 5.74) is 5.73. The van der Waals surface area contributed by atoms with E-state index in [1.807, 2.05) is 0 Å². The molecule has 0 radical (unpaired) electrons. The van der Waals surface area contributed by atoms with Gasteiger partial charge < -0.3 is 15.8 Å². The molecule has 4 heteroatoms. The highest BCUT2D eigenvalue weighted by Gasteiger charge is 2.42. The van der Waals surface area contributed by atoms with Crippen LogP contribution in [0.1, 0.15) is 44.9 Å². The summed E-state index contributed by atoms with van der Waals surface area (Å²) in [4.78, 5) is 12.3. The number of rotatable bonds is 3. The van der Waals surface area contributed by atoms with Gasteiger partial charge in [-0.1, -0.05) is 6.42 Å². The molecule has 2 saturated heterocycles. The van der Waals surface area contributed by atoms with Crippen molar-refractivity contribution in [3.8, 4) is 0 Å². The third kappa shape index (κ3) is 2.41. The van der Waals surface area contributed by atoms with E-state index in [2.05, 4.69) is 5.32 Å². The first-order valence-electron chi connectivity index (χ1n) is 7.42. The fraction of sp³-hybridized carbons (Fsp3) is 0.929. The average molecular weight is 252 g/mol. The van der Waals surface area contributed by atoms with Gasteiger partial charge in [-0.3, -0.25) is 4.79 Å². The molecule has 102 valence electrons. The van der Waals surface area contributed by atoms with Crippen molar-refractivity contribution in [2.75, 3.05) is 6.54 Å². The molecule has 2 bridgehead atoms. The topological polar surface area (TPSA) is 64.4 Å². The zero-order valence-electron chi connectivity index (χ0n) is 10.9. The second kappa shape index (κ2) is 5.17. The van der Waals surface area contributed by atoms with Crippen LogP contribution >= 0.6 is 0 Å². The summed E-state index contributed by atoms with van der Waals surface area (Å²) in [5, 5.41) is 3.22. The maximum Gasteiger partial charge on any atom is 0.223 e. The summed E-state index contributed by atoms with van der Waals surface area (Å²) in [6.45, 7) is 0.723. The van der Waals surface area contributed by atoms with Gasteiger partial charge in [-0.2, -0.15) is 0 Å². The molecule has 3 N–H and O–H groups in total. The molecule has 1 saturated carbocycles. The van der Waals surface area contributed by atoms with Gasteiger partial charge in [-0.15, -0.1) is 0 Å². The van der Waals surface area contributed by atoms with Gasteiger partial charge in [0, 0.05) is 5.92 Å². The molecule has 0 aromatic rings. The van der Waals surface area contributed by atoms with E-state index >= 15 is 0 Å². The summed E-state index contributed by atoms with van der Waals surface area (Å²) in [6, 6.07) is 0.273. The van der Waals surface area contributed by atoms with Crippen molar-refractivity contribution in [3.05, 3.63) is 0 Å². The summed E-state index contributed by atoms with van der Waals surface area (Å²) in [5.74, 6) is 0.978. The Morgan fingerprint density at radius 3 is 2.78 bits per heavy atom. The van der Waals surface area contributed by atoms with Crippen molar-refractivity contribution in [2.45, 2.75) is 63.2 Å². The second-order valence-electron chi connectivity index (χ2n) is 6.19. The lowest BCUT2D eigenvalue weighted by Crippen LogP contribution is -2.45. The molecule has 0 aromatic carbocycles. The number of nitrogens with one attached hydrogen (secondary N) is 1. The molecule has 2 heterocycles. The maximum atomic E-state index is 12.3. The van der Waals surface area contributed by atoms with Crippen molar-refractivity contribution in [3.63, 3.8) is 0 Å². The van der Waals surface area contributed by atoms with Gasteiger partial charge in [0.1, 0.15) is 0 Å². The van der Waals surface area contributed by atoms with Crippen LogP contribution in [-0.4, -0.2) is 30.7 Å². The molecule has 1 amide bonds. The largest absolute Gasteiger partial charge is 0.373 e. The Bertz CT molecular complexity index is 321. The molecule has 3 aliphatic rings. The van der Waals surface area contributed by atoms with E-state index in [1.54, 1.807) is 0 Å². The van der Waals surface area contributed by atoms with Gasteiger partial charge in [-0.25, -0.2) is 0 Å². The fourth-order valence-electron chi connectivity index (χ4n) is 3.83. The van der Waals surface area contributed by atoms with Crippen molar-refractivity contribution >= 4 is 5.91 Å². The highest BCUT2D eigenvalue weighted by molar-refractivity contribution is 5.79. The zero-order chi connectivity index (χ0) is 12.5. The predicted molar refractivity (Wildman–Crippen MR) is 68.9 cm³/mol. The van der Waals surface area contributed by atoms with Crippen LogP contribution in [0.5, 0.6) is 0 Å². The molecule has 4 nitrogen and oxygen atoms in total. The lowest BCUT2D eigenvalue weighted by atomic mass is 9.80. The lowest BCUT2D eigenvalue weighted by Gasteiger charge is -2.29. The summed E-state index contributed by atoms with van der Waals surface area (Å²) < 4.78 is 5.78. The van der Waals surface area contributed by atoms with Crippen LogP contribution in [-0.2, 0) is 9.53 Å². The molecule has 5 atom stereocenters. The summed E-state index contributed by atoms with van der Waals surface area (Å²) in [6.07, 6.45) is 8.35. The van der Waals surface area contributed by atoms with E-state index in [1.165, 1.54) is 12.8 Å². The van der Waals surface area contributed by atoms with Crippen LogP contribution < -0.4 is 11.1 Å². The van der Waals surface area contributed by atoms with E-state index in [0.717, 1.165) is 38.6 Å². The zero-order valence-corrected chi connectivity index (χ0v) is 10.9. The van der Waals surface area contributed by atoms with E-state index in [9.17, 15) is 4.79 Å². The molecule has 18 heavy (non-hydrogen) atoms. The quantitative estimate of drug-likeness (QED) is 0.793. The highest BCUT2D eigenvalue weighted by Crippen LogP contribution is 2.35. The Morgan fingerprint density at radius 2 is 2.11 bits per heavy atom. The molecule has 0 aromatic heterocycles. The van der Waals surface area contributed by atoms with Crippen LogP contribution in [0.15, 0.2) is 0 Å². The number of hydrogen-bond acceptors (Lipinski definition) is 3.